The zero-order valence-electron chi connectivity index (χ0n) is 18.4. The third kappa shape index (κ3) is 6.21. The number of hydrogen-bond acceptors (Lipinski definition) is 5. The maximum atomic E-state index is 12.7. The van der Waals surface area contributed by atoms with Crippen LogP contribution in [0.4, 0.5) is 5.69 Å². The van der Waals surface area contributed by atoms with Crippen LogP contribution in [0, 0.1) is 0 Å². The summed E-state index contributed by atoms with van der Waals surface area (Å²) in [7, 11) is -2.11. The van der Waals surface area contributed by atoms with E-state index in [2.05, 4.69) is 22.3 Å². The second-order valence-corrected chi connectivity index (χ2v) is 9.81. The Kier molecular flexibility index (Phi) is 7.56. The number of anilines is 1. The van der Waals surface area contributed by atoms with Gasteiger partial charge in [0, 0.05) is 13.1 Å². The van der Waals surface area contributed by atoms with Crippen molar-refractivity contribution in [3.63, 3.8) is 0 Å². The van der Waals surface area contributed by atoms with Crippen LogP contribution in [0.1, 0.15) is 30.9 Å². The molecule has 1 N–H and O–H groups in total. The number of sulfonamides is 1. The van der Waals surface area contributed by atoms with E-state index < -0.39 is 16.1 Å². The Morgan fingerprint density at radius 2 is 1.65 bits per heavy atom. The molecule has 1 saturated heterocycles. The van der Waals surface area contributed by atoms with Gasteiger partial charge >= 0.3 is 0 Å². The lowest BCUT2D eigenvalue weighted by Crippen LogP contribution is -2.47. The fourth-order valence-corrected chi connectivity index (χ4v) is 5.01. The molecular formula is C23H31N3O4S. The molecule has 168 valence electrons. The average Bonchev–Trinajstić information content (AvgIpc) is 3.25. The first-order valence-corrected chi connectivity index (χ1v) is 12.3. The van der Waals surface area contributed by atoms with Gasteiger partial charge in [0.25, 0.3) is 0 Å². The summed E-state index contributed by atoms with van der Waals surface area (Å²) < 4.78 is 31.0. The highest BCUT2D eigenvalue weighted by molar-refractivity contribution is 7.92. The van der Waals surface area contributed by atoms with Gasteiger partial charge in [-0.1, -0.05) is 24.3 Å². The molecule has 7 nitrogen and oxygen atoms in total. The zero-order chi connectivity index (χ0) is 22.4. The lowest BCUT2D eigenvalue weighted by Gasteiger charge is -2.28. The SMILES string of the molecule is COc1ccc(N([C@H](C)C(=O)NCc2ccc(CN3CCCC3)cc2)S(C)(=O)=O)cc1. The minimum Gasteiger partial charge on any atom is -0.497 e. The number of carbonyl (C=O) groups is 1. The number of rotatable bonds is 9. The molecule has 8 heteroatoms. The fourth-order valence-electron chi connectivity index (χ4n) is 3.84. The maximum absolute atomic E-state index is 12.7. The van der Waals surface area contributed by atoms with Gasteiger partial charge in [0.15, 0.2) is 0 Å². The van der Waals surface area contributed by atoms with Crippen molar-refractivity contribution in [1.82, 2.24) is 10.2 Å². The third-order valence-electron chi connectivity index (χ3n) is 5.51. The summed E-state index contributed by atoms with van der Waals surface area (Å²) in [6.07, 6.45) is 3.63. The molecule has 2 aromatic rings. The molecule has 1 fully saturated rings. The molecule has 3 rings (SSSR count). The Balaban J connectivity index is 1.62. The molecule has 0 saturated carbocycles. The van der Waals surface area contributed by atoms with Crippen molar-refractivity contribution in [2.24, 2.45) is 0 Å². The van der Waals surface area contributed by atoms with E-state index in [9.17, 15) is 13.2 Å². The van der Waals surface area contributed by atoms with Gasteiger partial charge < -0.3 is 10.1 Å². The van der Waals surface area contributed by atoms with E-state index >= 15 is 0 Å². The number of amides is 1. The minimum atomic E-state index is -3.65. The van der Waals surface area contributed by atoms with Crippen LogP contribution in [0.5, 0.6) is 5.75 Å². The smallest absolute Gasteiger partial charge is 0.243 e. The van der Waals surface area contributed by atoms with E-state index in [-0.39, 0.29) is 5.91 Å². The normalized spacial score (nSPS) is 15.5. The van der Waals surface area contributed by atoms with Crippen molar-refractivity contribution < 1.29 is 17.9 Å². The molecule has 0 unspecified atom stereocenters. The molecule has 0 spiro atoms. The lowest BCUT2D eigenvalue weighted by molar-refractivity contribution is -0.122. The zero-order valence-corrected chi connectivity index (χ0v) is 19.2. The van der Waals surface area contributed by atoms with Gasteiger partial charge in [0.1, 0.15) is 11.8 Å². The summed E-state index contributed by atoms with van der Waals surface area (Å²) in [5.74, 6) is 0.255. The van der Waals surface area contributed by atoms with E-state index in [0.29, 0.717) is 18.0 Å². The Labute approximate surface area is 185 Å². The Hall–Kier alpha value is -2.58. The number of carbonyl (C=O) groups excluding carboxylic acids is 1. The van der Waals surface area contributed by atoms with Crippen LogP contribution in [0.2, 0.25) is 0 Å². The summed E-state index contributed by atoms with van der Waals surface area (Å²) in [5.41, 5.74) is 2.64. The molecule has 1 heterocycles. The lowest BCUT2D eigenvalue weighted by atomic mass is 10.1. The van der Waals surface area contributed by atoms with Crippen LogP contribution < -0.4 is 14.4 Å². The standard InChI is InChI=1S/C23H31N3O4S/c1-18(26(31(3,28)29)21-10-12-22(30-2)13-11-21)23(27)24-16-19-6-8-20(9-7-19)17-25-14-4-5-15-25/h6-13,18H,4-5,14-17H2,1-3H3,(H,24,27)/t18-/m1/s1. The second kappa shape index (κ2) is 10.2. The fraction of sp³-hybridized carbons (Fsp3) is 0.435. The van der Waals surface area contributed by atoms with Crippen LogP contribution in [0.15, 0.2) is 48.5 Å². The highest BCUT2D eigenvalue weighted by atomic mass is 32.2. The summed E-state index contributed by atoms with van der Waals surface area (Å²) in [6, 6.07) is 13.9. The number of benzene rings is 2. The van der Waals surface area contributed by atoms with Gasteiger partial charge in [0.2, 0.25) is 15.9 Å². The van der Waals surface area contributed by atoms with Crippen molar-refractivity contribution in [2.75, 3.05) is 30.8 Å². The maximum Gasteiger partial charge on any atom is 0.243 e. The van der Waals surface area contributed by atoms with Crippen LogP contribution in [-0.4, -0.2) is 51.7 Å². The molecule has 0 aliphatic carbocycles. The predicted octanol–water partition coefficient (Wildman–Crippen LogP) is 2.76. The van der Waals surface area contributed by atoms with Crippen molar-refractivity contribution in [2.45, 2.75) is 38.9 Å². The molecule has 1 aliphatic rings. The van der Waals surface area contributed by atoms with Crippen molar-refractivity contribution in [1.29, 1.82) is 0 Å². The van der Waals surface area contributed by atoms with Gasteiger partial charge in [-0.15, -0.1) is 0 Å². The number of ether oxygens (including phenoxy) is 1. The summed E-state index contributed by atoms with van der Waals surface area (Å²) in [6.45, 7) is 5.18. The molecule has 1 aliphatic heterocycles. The highest BCUT2D eigenvalue weighted by Crippen LogP contribution is 2.24. The number of hydrogen-bond donors (Lipinski definition) is 1. The van der Waals surface area contributed by atoms with Gasteiger partial charge in [0.05, 0.1) is 19.1 Å². The summed E-state index contributed by atoms with van der Waals surface area (Å²) in [4.78, 5) is 15.2. The highest BCUT2D eigenvalue weighted by Gasteiger charge is 2.29. The van der Waals surface area contributed by atoms with E-state index in [0.717, 1.165) is 35.8 Å². The van der Waals surface area contributed by atoms with Gasteiger partial charge in [-0.2, -0.15) is 0 Å². The number of likely N-dealkylation sites (tertiary alicyclic amines) is 1. The molecule has 1 amide bonds. The molecule has 0 radical (unpaired) electrons. The van der Waals surface area contributed by atoms with Crippen molar-refractivity contribution >= 4 is 21.6 Å². The van der Waals surface area contributed by atoms with Crippen molar-refractivity contribution in [3.05, 3.63) is 59.7 Å². The quantitative estimate of drug-likeness (QED) is 0.642. The van der Waals surface area contributed by atoms with Gasteiger partial charge in [-0.25, -0.2) is 8.42 Å². The van der Waals surface area contributed by atoms with E-state index in [1.54, 1.807) is 38.3 Å². The van der Waals surface area contributed by atoms with Gasteiger partial charge in [-0.05, 0) is 68.2 Å². The number of nitrogens with zero attached hydrogens (tertiary/aromatic N) is 2. The first kappa shape index (κ1) is 23.1. The third-order valence-corrected chi connectivity index (χ3v) is 6.75. The first-order chi connectivity index (χ1) is 14.8. The first-order valence-electron chi connectivity index (χ1n) is 10.5. The van der Waals surface area contributed by atoms with Crippen LogP contribution in [0.25, 0.3) is 0 Å². The van der Waals surface area contributed by atoms with Crippen molar-refractivity contribution in [3.8, 4) is 5.75 Å². The molecule has 2 aromatic carbocycles. The van der Waals surface area contributed by atoms with E-state index in [1.807, 2.05) is 12.1 Å². The Morgan fingerprint density at radius 3 is 2.19 bits per heavy atom. The molecular weight excluding hydrogens is 414 g/mol. The Bertz CT molecular complexity index is 969. The number of methoxy groups -OCH3 is 1. The van der Waals surface area contributed by atoms with E-state index in [1.165, 1.54) is 18.4 Å². The van der Waals surface area contributed by atoms with Crippen LogP contribution >= 0.6 is 0 Å². The topological polar surface area (TPSA) is 79.0 Å². The average molecular weight is 446 g/mol. The summed E-state index contributed by atoms with van der Waals surface area (Å²) >= 11 is 0. The van der Waals surface area contributed by atoms with Crippen LogP contribution in [0.3, 0.4) is 0 Å². The summed E-state index contributed by atoms with van der Waals surface area (Å²) in [5, 5.41) is 2.86. The van der Waals surface area contributed by atoms with Gasteiger partial charge in [-0.3, -0.25) is 14.0 Å². The largest absolute Gasteiger partial charge is 0.497 e. The minimum absolute atomic E-state index is 0.341. The molecule has 31 heavy (non-hydrogen) atoms. The molecule has 0 aromatic heterocycles. The Morgan fingerprint density at radius 1 is 1.06 bits per heavy atom. The molecule has 0 bridgehead atoms. The molecule has 1 atom stereocenters. The number of nitrogens with one attached hydrogen (secondary N) is 1. The van der Waals surface area contributed by atoms with Crippen LogP contribution in [-0.2, 0) is 27.9 Å². The predicted molar refractivity (Wildman–Crippen MR) is 123 cm³/mol. The second-order valence-electron chi connectivity index (χ2n) is 7.95. The monoisotopic (exact) mass is 445 g/mol. The van der Waals surface area contributed by atoms with E-state index in [4.69, 9.17) is 4.74 Å².